The third-order valence-corrected chi connectivity index (χ3v) is 8.28. The zero-order chi connectivity index (χ0) is 21.3. The zero-order valence-electron chi connectivity index (χ0n) is 18.9. The molecule has 0 amide bonds. The normalized spacial score (nSPS) is 43.1. The molecule has 6 nitrogen and oxygen atoms in total. The van der Waals surface area contributed by atoms with E-state index in [0.717, 1.165) is 42.9 Å². The molecular formula is C24H35NO5. The molecule has 1 aromatic carbocycles. The summed E-state index contributed by atoms with van der Waals surface area (Å²) in [7, 11) is 5.51. The number of aliphatic hydroxyl groups is 1. The maximum absolute atomic E-state index is 12.4. The summed E-state index contributed by atoms with van der Waals surface area (Å²) in [6.45, 7) is 5.19. The molecule has 0 radical (unpaired) electrons. The van der Waals surface area contributed by atoms with Gasteiger partial charge in [-0.25, -0.2) is 0 Å². The van der Waals surface area contributed by atoms with Crippen LogP contribution in [0, 0.1) is 0 Å². The van der Waals surface area contributed by atoms with E-state index in [2.05, 4.69) is 31.9 Å². The number of methoxy groups -OCH3 is 2. The summed E-state index contributed by atoms with van der Waals surface area (Å²) < 4.78 is 24.6. The van der Waals surface area contributed by atoms with Crippen LogP contribution in [0.3, 0.4) is 0 Å². The topological polar surface area (TPSA) is 60.4 Å². The van der Waals surface area contributed by atoms with Crippen molar-refractivity contribution in [3.8, 4) is 11.5 Å². The van der Waals surface area contributed by atoms with Gasteiger partial charge in [-0.1, -0.05) is 6.07 Å². The molecule has 6 atom stereocenters. The number of rotatable bonds is 2. The first-order valence-corrected chi connectivity index (χ1v) is 11.3. The number of hydrogen-bond acceptors (Lipinski definition) is 6. The Balaban J connectivity index is 1.71. The van der Waals surface area contributed by atoms with Crippen LogP contribution in [0.15, 0.2) is 12.1 Å². The van der Waals surface area contributed by atoms with Crippen LogP contribution in [0.5, 0.6) is 11.5 Å². The molecular weight excluding hydrogens is 382 g/mol. The molecule has 2 saturated heterocycles. The van der Waals surface area contributed by atoms with Gasteiger partial charge in [0.15, 0.2) is 17.3 Å². The minimum Gasteiger partial charge on any atom is -0.493 e. The van der Waals surface area contributed by atoms with Gasteiger partial charge < -0.3 is 29.0 Å². The monoisotopic (exact) mass is 417 g/mol. The lowest BCUT2D eigenvalue weighted by atomic mass is 9.48. The maximum atomic E-state index is 12.4. The molecule has 2 aliphatic carbocycles. The number of likely N-dealkylation sites (N-methyl/N-ethyl adjacent to an activating group) is 1. The SMILES string of the molecule is COc1ccc2c(c1OC)[C@]13CCN(C)[C@H](C2)C1(O)CCC1(C3)O[C@H](C)C[C@H](C)O1. The first-order valence-electron chi connectivity index (χ1n) is 11.3. The van der Waals surface area contributed by atoms with Gasteiger partial charge in [0, 0.05) is 29.9 Å². The van der Waals surface area contributed by atoms with Crippen LogP contribution >= 0.6 is 0 Å². The van der Waals surface area contributed by atoms with Gasteiger partial charge in [-0.15, -0.1) is 0 Å². The average molecular weight is 418 g/mol. The van der Waals surface area contributed by atoms with E-state index in [9.17, 15) is 5.11 Å². The Morgan fingerprint density at radius 3 is 2.47 bits per heavy atom. The molecule has 2 bridgehead atoms. The number of hydrogen-bond donors (Lipinski definition) is 1. The van der Waals surface area contributed by atoms with E-state index in [1.807, 2.05) is 6.07 Å². The van der Waals surface area contributed by atoms with Crippen LogP contribution in [0.2, 0.25) is 0 Å². The van der Waals surface area contributed by atoms with Crippen LogP contribution in [0.4, 0.5) is 0 Å². The van der Waals surface area contributed by atoms with Crippen molar-refractivity contribution in [3.05, 3.63) is 23.3 Å². The Morgan fingerprint density at radius 1 is 1.07 bits per heavy atom. The Labute approximate surface area is 179 Å². The molecule has 6 heteroatoms. The quantitative estimate of drug-likeness (QED) is 0.798. The number of likely N-dealkylation sites (tertiary alicyclic amines) is 1. The van der Waals surface area contributed by atoms with Gasteiger partial charge in [0.05, 0.1) is 32.0 Å². The van der Waals surface area contributed by atoms with Crippen molar-refractivity contribution in [3.63, 3.8) is 0 Å². The van der Waals surface area contributed by atoms with Crippen LogP contribution in [-0.4, -0.2) is 67.5 Å². The predicted octanol–water partition coefficient (Wildman–Crippen LogP) is 3.03. The number of piperidine rings is 1. The first-order chi connectivity index (χ1) is 14.3. The van der Waals surface area contributed by atoms with E-state index in [-0.39, 0.29) is 18.2 Å². The van der Waals surface area contributed by atoms with E-state index >= 15 is 0 Å². The molecule has 1 saturated carbocycles. The van der Waals surface area contributed by atoms with Gasteiger partial charge in [-0.05, 0) is 64.8 Å². The minimum absolute atomic E-state index is 0.0765. The maximum Gasteiger partial charge on any atom is 0.170 e. The highest BCUT2D eigenvalue weighted by molar-refractivity contribution is 5.59. The second-order valence-corrected chi connectivity index (χ2v) is 9.97. The molecule has 3 fully saturated rings. The lowest BCUT2D eigenvalue weighted by Gasteiger charge is -2.66. The van der Waals surface area contributed by atoms with Crippen molar-refractivity contribution in [1.82, 2.24) is 4.90 Å². The second kappa shape index (κ2) is 6.83. The third kappa shape index (κ3) is 2.63. The summed E-state index contributed by atoms with van der Waals surface area (Å²) in [5.41, 5.74) is 0.998. The summed E-state index contributed by atoms with van der Waals surface area (Å²) >= 11 is 0. The van der Waals surface area contributed by atoms with E-state index < -0.39 is 16.8 Å². The van der Waals surface area contributed by atoms with E-state index in [4.69, 9.17) is 18.9 Å². The lowest BCUT2D eigenvalue weighted by Crippen LogP contribution is -2.75. The van der Waals surface area contributed by atoms with Crippen LogP contribution < -0.4 is 9.47 Å². The fraction of sp³-hybridized carbons (Fsp3) is 0.750. The highest BCUT2D eigenvalue weighted by Crippen LogP contribution is 2.64. The summed E-state index contributed by atoms with van der Waals surface area (Å²) in [4.78, 5) is 2.34. The van der Waals surface area contributed by atoms with Crippen molar-refractivity contribution < 1.29 is 24.1 Å². The Hall–Kier alpha value is -1.34. The van der Waals surface area contributed by atoms with Gasteiger partial charge in [0.1, 0.15) is 0 Å². The molecule has 0 aromatic heterocycles. The molecule has 5 rings (SSSR count). The lowest BCUT2D eigenvalue weighted by molar-refractivity contribution is -0.350. The van der Waals surface area contributed by atoms with Crippen molar-refractivity contribution in [1.29, 1.82) is 0 Å². The minimum atomic E-state index is -0.853. The van der Waals surface area contributed by atoms with Gasteiger partial charge in [0.2, 0.25) is 0 Å². The molecule has 2 aliphatic heterocycles. The molecule has 2 unspecified atom stereocenters. The van der Waals surface area contributed by atoms with E-state index in [0.29, 0.717) is 19.3 Å². The molecule has 1 aromatic rings. The summed E-state index contributed by atoms with van der Waals surface area (Å²) in [5, 5.41) is 12.4. The molecule has 1 N–H and O–H groups in total. The van der Waals surface area contributed by atoms with Crippen LogP contribution in [-0.2, 0) is 21.3 Å². The number of fused-ring (bicyclic) bond motifs is 1. The molecule has 4 aliphatic rings. The van der Waals surface area contributed by atoms with Crippen molar-refractivity contribution in [2.24, 2.45) is 0 Å². The highest BCUT2D eigenvalue weighted by Gasteiger charge is 2.69. The molecule has 2 heterocycles. The average Bonchev–Trinajstić information content (AvgIpc) is 2.69. The van der Waals surface area contributed by atoms with E-state index in [1.165, 1.54) is 5.56 Å². The van der Waals surface area contributed by atoms with Crippen molar-refractivity contribution in [2.75, 3.05) is 27.8 Å². The fourth-order valence-corrected chi connectivity index (χ4v) is 7.15. The molecule has 30 heavy (non-hydrogen) atoms. The van der Waals surface area contributed by atoms with E-state index in [1.54, 1.807) is 14.2 Å². The van der Waals surface area contributed by atoms with Crippen molar-refractivity contribution >= 4 is 0 Å². The smallest absolute Gasteiger partial charge is 0.170 e. The van der Waals surface area contributed by atoms with Gasteiger partial charge in [-0.2, -0.15) is 0 Å². The molecule has 1 spiro atoms. The van der Waals surface area contributed by atoms with Gasteiger partial charge in [0.25, 0.3) is 0 Å². The summed E-state index contributed by atoms with van der Waals surface area (Å²) in [6, 6.07) is 4.22. The largest absolute Gasteiger partial charge is 0.493 e. The Bertz CT molecular complexity index is 833. The van der Waals surface area contributed by atoms with Gasteiger partial charge in [-0.3, -0.25) is 0 Å². The number of nitrogens with zero attached hydrogens (tertiary/aromatic N) is 1. The summed E-state index contributed by atoms with van der Waals surface area (Å²) in [6.07, 6.45) is 4.86. The molecule has 166 valence electrons. The van der Waals surface area contributed by atoms with Crippen molar-refractivity contribution in [2.45, 2.75) is 87.4 Å². The first kappa shape index (κ1) is 20.6. The zero-order valence-corrected chi connectivity index (χ0v) is 18.9. The number of benzene rings is 1. The van der Waals surface area contributed by atoms with Crippen LogP contribution in [0.25, 0.3) is 0 Å². The second-order valence-electron chi connectivity index (χ2n) is 9.97. The van der Waals surface area contributed by atoms with Gasteiger partial charge >= 0.3 is 0 Å². The summed E-state index contributed by atoms with van der Waals surface area (Å²) in [5.74, 6) is 0.814. The standard InChI is InChI=1S/C24H35NO5/c1-15-12-16(2)30-23(29-15)8-9-24(26)19-13-17-6-7-18(27-4)21(28-5)20(17)22(24,14-23)10-11-25(19)3/h6-7,15-16,19,26H,8-14H2,1-5H3/t15-,16+,19-,22-,23?,24?/m1/s1. The van der Waals surface area contributed by atoms with Crippen LogP contribution in [0.1, 0.15) is 57.1 Å². The fourth-order valence-electron chi connectivity index (χ4n) is 7.15. The highest BCUT2D eigenvalue weighted by atomic mass is 16.7. The number of ether oxygens (including phenoxy) is 4. The predicted molar refractivity (Wildman–Crippen MR) is 113 cm³/mol. The Kier molecular flexibility index (Phi) is 4.68. The third-order valence-electron chi connectivity index (χ3n) is 8.28. The Morgan fingerprint density at radius 2 is 1.80 bits per heavy atom.